The summed E-state index contributed by atoms with van der Waals surface area (Å²) in [5.74, 6) is 1.59. The van der Waals surface area contributed by atoms with E-state index in [1.165, 1.54) is 0 Å². The lowest BCUT2D eigenvalue weighted by Gasteiger charge is -2.24. The van der Waals surface area contributed by atoms with Crippen LogP contribution in [0.25, 0.3) is 0 Å². The standard InChI is InChI=1S/C13H17NO3/c1-9(4-5-14)11-3-2-10(8-15)12-13(11)17-7-6-16-12/h2-3,8-9H,4-7,14H2,1H3. The van der Waals surface area contributed by atoms with E-state index in [9.17, 15) is 4.79 Å². The molecule has 4 nitrogen and oxygen atoms in total. The monoisotopic (exact) mass is 235 g/mol. The number of carbonyl (C=O) groups is 1. The highest BCUT2D eigenvalue weighted by atomic mass is 16.6. The van der Waals surface area contributed by atoms with Crippen LogP contribution in [0.2, 0.25) is 0 Å². The third-order valence-electron chi connectivity index (χ3n) is 3.01. The van der Waals surface area contributed by atoms with Gasteiger partial charge in [-0.15, -0.1) is 0 Å². The number of fused-ring (bicyclic) bond motifs is 1. The molecule has 1 atom stereocenters. The van der Waals surface area contributed by atoms with Gasteiger partial charge >= 0.3 is 0 Å². The van der Waals surface area contributed by atoms with Crippen molar-refractivity contribution in [2.75, 3.05) is 19.8 Å². The molecule has 0 aromatic heterocycles. The molecule has 0 fully saturated rings. The summed E-state index contributed by atoms with van der Waals surface area (Å²) >= 11 is 0. The first-order valence-corrected chi connectivity index (χ1v) is 5.85. The summed E-state index contributed by atoms with van der Waals surface area (Å²) in [6.45, 7) is 3.74. The van der Waals surface area contributed by atoms with E-state index in [2.05, 4.69) is 6.92 Å². The maximum absolute atomic E-state index is 10.9. The Morgan fingerprint density at radius 3 is 2.71 bits per heavy atom. The minimum absolute atomic E-state index is 0.302. The zero-order chi connectivity index (χ0) is 12.3. The van der Waals surface area contributed by atoms with Crippen molar-refractivity contribution in [1.82, 2.24) is 0 Å². The summed E-state index contributed by atoms with van der Waals surface area (Å²) in [7, 11) is 0. The maximum atomic E-state index is 10.9. The van der Waals surface area contributed by atoms with Gasteiger partial charge in [-0.25, -0.2) is 0 Å². The first-order valence-electron chi connectivity index (χ1n) is 5.85. The Kier molecular flexibility index (Phi) is 3.64. The second kappa shape index (κ2) is 5.19. The topological polar surface area (TPSA) is 61.6 Å². The largest absolute Gasteiger partial charge is 0.486 e. The van der Waals surface area contributed by atoms with Gasteiger partial charge in [0.2, 0.25) is 0 Å². The van der Waals surface area contributed by atoms with E-state index >= 15 is 0 Å². The molecule has 2 rings (SSSR count). The van der Waals surface area contributed by atoms with Gasteiger partial charge in [-0.3, -0.25) is 4.79 Å². The molecule has 0 amide bonds. The van der Waals surface area contributed by atoms with Crippen molar-refractivity contribution in [3.63, 3.8) is 0 Å². The van der Waals surface area contributed by atoms with Gasteiger partial charge in [0.05, 0.1) is 5.56 Å². The molecule has 0 spiro atoms. The Labute approximate surface area is 101 Å². The summed E-state index contributed by atoms with van der Waals surface area (Å²) in [5, 5.41) is 0. The fraction of sp³-hybridized carbons (Fsp3) is 0.462. The van der Waals surface area contributed by atoms with Gasteiger partial charge in [0.25, 0.3) is 0 Å². The van der Waals surface area contributed by atoms with Crippen LogP contribution >= 0.6 is 0 Å². The lowest BCUT2D eigenvalue weighted by molar-refractivity contribution is 0.111. The molecule has 1 heterocycles. The molecule has 1 unspecified atom stereocenters. The molecule has 4 heteroatoms. The molecule has 0 saturated carbocycles. The molecule has 0 aliphatic carbocycles. The van der Waals surface area contributed by atoms with Gasteiger partial charge in [0.1, 0.15) is 13.2 Å². The van der Waals surface area contributed by atoms with E-state index in [4.69, 9.17) is 15.2 Å². The molecule has 92 valence electrons. The SMILES string of the molecule is CC(CCN)c1ccc(C=O)c2c1OCCO2. The van der Waals surface area contributed by atoms with Crippen LogP contribution < -0.4 is 15.2 Å². The average Bonchev–Trinajstić information content (AvgIpc) is 2.37. The number of hydrogen-bond acceptors (Lipinski definition) is 4. The van der Waals surface area contributed by atoms with Crippen LogP contribution in [0.5, 0.6) is 11.5 Å². The fourth-order valence-corrected chi connectivity index (χ4v) is 2.06. The van der Waals surface area contributed by atoms with E-state index < -0.39 is 0 Å². The van der Waals surface area contributed by atoms with Crippen LogP contribution in [0, 0.1) is 0 Å². The summed E-state index contributed by atoms with van der Waals surface area (Å²) in [4.78, 5) is 10.9. The van der Waals surface area contributed by atoms with Crippen molar-refractivity contribution in [3.05, 3.63) is 23.3 Å². The maximum Gasteiger partial charge on any atom is 0.172 e. The molecular weight excluding hydrogens is 218 g/mol. The molecule has 1 aromatic rings. The highest BCUT2D eigenvalue weighted by Gasteiger charge is 2.22. The smallest absolute Gasteiger partial charge is 0.172 e. The Bertz CT molecular complexity index is 417. The van der Waals surface area contributed by atoms with Crippen molar-refractivity contribution in [2.45, 2.75) is 19.3 Å². The zero-order valence-corrected chi connectivity index (χ0v) is 9.94. The van der Waals surface area contributed by atoms with Gasteiger partial charge < -0.3 is 15.2 Å². The van der Waals surface area contributed by atoms with Crippen molar-refractivity contribution >= 4 is 6.29 Å². The summed E-state index contributed by atoms with van der Waals surface area (Å²) in [6.07, 6.45) is 1.68. The lowest BCUT2D eigenvalue weighted by Crippen LogP contribution is -2.18. The molecule has 2 N–H and O–H groups in total. The molecule has 0 saturated heterocycles. The van der Waals surface area contributed by atoms with Crippen LogP contribution in [-0.2, 0) is 0 Å². The Morgan fingerprint density at radius 2 is 2.06 bits per heavy atom. The number of nitrogens with two attached hydrogens (primary N) is 1. The minimum atomic E-state index is 0.302. The van der Waals surface area contributed by atoms with Gasteiger partial charge in [0.15, 0.2) is 17.8 Å². The average molecular weight is 235 g/mol. The molecule has 1 aliphatic rings. The van der Waals surface area contributed by atoms with Gasteiger partial charge in [-0.1, -0.05) is 13.0 Å². The third kappa shape index (κ3) is 2.26. The Balaban J connectivity index is 2.43. The first-order chi connectivity index (χ1) is 8.27. The zero-order valence-electron chi connectivity index (χ0n) is 9.94. The van der Waals surface area contributed by atoms with E-state index in [1.807, 2.05) is 6.07 Å². The van der Waals surface area contributed by atoms with E-state index in [0.29, 0.717) is 42.7 Å². The highest BCUT2D eigenvalue weighted by molar-refractivity contribution is 5.82. The van der Waals surface area contributed by atoms with Crippen LogP contribution in [0.4, 0.5) is 0 Å². The second-order valence-corrected chi connectivity index (χ2v) is 4.20. The third-order valence-corrected chi connectivity index (χ3v) is 3.01. The molecular formula is C13H17NO3. The predicted octanol–water partition coefficient (Wildman–Crippen LogP) is 1.72. The molecule has 0 radical (unpaired) electrons. The summed E-state index contributed by atoms with van der Waals surface area (Å²) in [5.41, 5.74) is 7.18. The number of benzene rings is 1. The minimum Gasteiger partial charge on any atom is -0.486 e. The van der Waals surface area contributed by atoms with Crippen LogP contribution in [0.3, 0.4) is 0 Å². The predicted molar refractivity (Wildman–Crippen MR) is 64.9 cm³/mol. The van der Waals surface area contributed by atoms with Crippen molar-refractivity contribution < 1.29 is 14.3 Å². The van der Waals surface area contributed by atoms with Crippen LogP contribution in [0.1, 0.15) is 35.2 Å². The van der Waals surface area contributed by atoms with E-state index in [0.717, 1.165) is 18.3 Å². The molecule has 0 bridgehead atoms. The Hall–Kier alpha value is -1.55. The van der Waals surface area contributed by atoms with Crippen molar-refractivity contribution in [2.24, 2.45) is 5.73 Å². The Morgan fingerprint density at radius 1 is 1.35 bits per heavy atom. The van der Waals surface area contributed by atoms with Gasteiger partial charge in [-0.2, -0.15) is 0 Å². The number of rotatable bonds is 4. The summed E-state index contributed by atoms with van der Waals surface area (Å²) in [6, 6.07) is 3.71. The van der Waals surface area contributed by atoms with E-state index in [1.54, 1.807) is 6.07 Å². The van der Waals surface area contributed by atoms with Crippen molar-refractivity contribution in [3.8, 4) is 11.5 Å². The quantitative estimate of drug-likeness (QED) is 0.807. The molecule has 1 aliphatic heterocycles. The van der Waals surface area contributed by atoms with Crippen molar-refractivity contribution in [1.29, 1.82) is 0 Å². The van der Waals surface area contributed by atoms with E-state index in [-0.39, 0.29) is 0 Å². The van der Waals surface area contributed by atoms with Gasteiger partial charge in [0, 0.05) is 5.56 Å². The number of aldehydes is 1. The second-order valence-electron chi connectivity index (χ2n) is 4.20. The molecule has 17 heavy (non-hydrogen) atoms. The fourth-order valence-electron chi connectivity index (χ4n) is 2.06. The van der Waals surface area contributed by atoms with Crippen LogP contribution in [-0.4, -0.2) is 26.0 Å². The van der Waals surface area contributed by atoms with Crippen LogP contribution in [0.15, 0.2) is 12.1 Å². The highest BCUT2D eigenvalue weighted by Crippen LogP contribution is 2.40. The lowest BCUT2D eigenvalue weighted by atomic mass is 9.95. The molecule has 1 aromatic carbocycles. The van der Waals surface area contributed by atoms with Gasteiger partial charge in [-0.05, 0) is 24.9 Å². The number of carbonyl (C=O) groups excluding carboxylic acids is 1. The summed E-state index contributed by atoms with van der Waals surface area (Å²) < 4.78 is 11.2. The number of hydrogen-bond donors (Lipinski definition) is 1. The first kappa shape index (κ1) is 11.9. The normalized spacial score (nSPS) is 15.4. The number of ether oxygens (including phenoxy) is 2.